The Balaban J connectivity index is 2.32. The lowest BCUT2D eigenvalue weighted by Crippen LogP contribution is -2.33. The highest BCUT2D eigenvalue weighted by molar-refractivity contribution is 7.99. The van der Waals surface area contributed by atoms with Crippen LogP contribution in [0.4, 0.5) is 24.5 Å². The molecule has 2 rings (SSSR count). The highest BCUT2D eigenvalue weighted by atomic mass is 35.5. The molecular formula is C17H17ClF3N3S. The summed E-state index contributed by atoms with van der Waals surface area (Å²) in [5, 5.41) is 0.417. The molecule has 0 unspecified atom stereocenters. The molecule has 0 aromatic heterocycles. The van der Waals surface area contributed by atoms with Crippen molar-refractivity contribution in [3.63, 3.8) is 0 Å². The Morgan fingerprint density at radius 2 is 1.96 bits per heavy atom. The molecule has 0 saturated heterocycles. The van der Waals surface area contributed by atoms with Gasteiger partial charge in [0.25, 0.3) is 0 Å². The van der Waals surface area contributed by atoms with Crippen LogP contribution >= 0.6 is 23.4 Å². The van der Waals surface area contributed by atoms with Gasteiger partial charge in [0, 0.05) is 17.6 Å². The minimum Gasteiger partial charge on any atom is -0.369 e. The molecule has 3 nitrogen and oxygen atoms in total. The summed E-state index contributed by atoms with van der Waals surface area (Å²) in [7, 11) is 1.55. The van der Waals surface area contributed by atoms with E-state index in [1.807, 2.05) is 13.0 Å². The van der Waals surface area contributed by atoms with E-state index in [0.29, 0.717) is 10.7 Å². The van der Waals surface area contributed by atoms with Crippen molar-refractivity contribution in [3.8, 4) is 0 Å². The third kappa shape index (κ3) is 5.06. The van der Waals surface area contributed by atoms with Gasteiger partial charge in [0.2, 0.25) is 5.96 Å². The molecule has 0 amide bonds. The molecule has 134 valence electrons. The predicted molar refractivity (Wildman–Crippen MR) is 99.0 cm³/mol. The number of halogens is 4. The van der Waals surface area contributed by atoms with E-state index < -0.39 is 11.7 Å². The normalized spacial score (nSPS) is 12.3. The van der Waals surface area contributed by atoms with Gasteiger partial charge in [-0.25, -0.2) is 4.99 Å². The molecule has 0 aliphatic rings. The number of aliphatic imine (C=N–C) groups is 1. The van der Waals surface area contributed by atoms with Crippen LogP contribution in [0.3, 0.4) is 0 Å². The number of nitrogens with two attached hydrogens (primary N) is 1. The van der Waals surface area contributed by atoms with E-state index >= 15 is 0 Å². The van der Waals surface area contributed by atoms with Gasteiger partial charge in [-0.1, -0.05) is 24.6 Å². The van der Waals surface area contributed by atoms with Crippen LogP contribution in [-0.2, 0) is 6.18 Å². The van der Waals surface area contributed by atoms with E-state index in [-0.39, 0.29) is 11.6 Å². The van der Waals surface area contributed by atoms with Gasteiger partial charge >= 0.3 is 6.18 Å². The number of guanidine groups is 1. The van der Waals surface area contributed by atoms with Crippen LogP contribution < -0.4 is 10.6 Å². The number of benzene rings is 2. The van der Waals surface area contributed by atoms with Gasteiger partial charge in [-0.15, -0.1) is 11.8 Å². The summed E-state index contributed by atoms with van der Waals surface area (Å²) in [6.07, 6.45) is -4.42. The maximum absolute atomic E-state index is 12.8. The molecule has 2 N–H and O–H groups in total. The van der Waals surface area contributed by atoms with Crippen molar-refractivity contribution in [3.05, 3.63) is 53.1 Å². The first-order valence-electron chi connectivity index (χ1n) is 7.40. The zero-order valence-corrected chi connectivity index (χ0v) is 15.2. The molecule has 0 spiro atoms. The van der Waals surface area contributed by atoms with E-state index in [2.05, 4.69) is 4.99 Å². The first kappa shape index (κ1) is 19.5. The van der Waals surface area contributed by atoms with Crippen molar-refractivity contribution >= 4 is 40.7 Å². The smallest absolute Gasteiger partial charge is 0.369 e. The molecule has 0 aliphatic carbocycles. The van der Waals surface area contributed by atoms with Gasteiger partial charge in [-0.3, -0.25) is 0 Å². The third-order valence-corrected chi connectivity index (χ3v) is 4.56. The average molecular weight is 388 g/mol. The molecule has 25 heavy (non-hydrogen) atoms. The number of hydrogen-bond acceptors (Lipinski definition) is 2. The summed E-state index contributed by atoms with van der Waals surface area (Å²) < 4.78 is 38.5. The van der Waals surface area contributed by atoms with Crippen LogP contribution in [0.15, 0.2) is 52.4 Å². The fraction of sp³-hybridized carbons (Fsp3) is 0.235. The average Bonchev–Trinajstić information content (AvgIpc) is 2.56. The van der Waals surface area contributed by atoms with Crippen LogP contribution in [0.25, 0.3) is 0 Å². The third-order valence-electron chi connectivity index (χ3n) is 3.37. The van der Waals surface area contributed by atoms with E-state index in [1.165, 1.54) is 17.0 Å². The fourth-order valence-electron chi connectivity index (χ4n) is 2.06. The van der Waals surface area contributed by atoms with Crippen molar-refractivity contribution < 1.29 is 13.2 Å². The van der Waals surface area contributed by atoms with Crippen LogP contribution in [0.2, 0.25) is 5.02 Å². The van der Waals surface area contributed by atoms with Crippen molar-refractivity contribution in [2.75, 3.05) is 17.7 Å². The topological polar surface area (TPSA) is 41.6 Å². The number of rotatable bonds is 4. The Morgan fingerprint density at radius 1 is 1.24 bits per heavy atom. The summed E-state index contributed by atoms with van der Waals surface area (Å²) in [5.74, 6) is 0.935. The first-order valence-corrected chi connectivity index (χ1v) is 8.76. The van der Waals surface area contributed by atoms with Gasteiger partial charge in [0.15, 0.2) is 0 Å². The summed E-state index contributed by atoms with van der Waals surface area (Å²) >= 11 is 7.76. The number of hydrogen-bond donors (Lipinski definition) is 1. The van der Waals surface area contributed by atoms with E-state index in [9.17, 15) is 13.2 Å². The minimum absolute atomic E-state index is 0.0415. The lowest BCUT2D eigenvalue weighted by Gasteiger charge is -2.19. The fourth-order valence-corrected chi connectivity index (χ4v) is 2.91. The molecule has 0 bridgehead atoms. The largest absolute Gasteiger partial charge is 0.416 e. The summed E-state index contributed by atoms with van der Waals surface area (Å²) in [6.45, 7) is 2.03. The van der Waals surface area contributed by atoms with E-state index in [4.69, 9.17) is 17.3 Å². The second-order valence-electron chi connectivity index (χ2n) is 5.12. The maximum Gasteiger partial charge on any atom is 0.416 e. The summed E-state index contributed by atoms with van der Waals surface area (Å²) in [6, 6.07) is 10.3. The van der Waals surface area contributed by atoms with Crippen molar-refractivity contribution in [2.24, 2.45) is 10.7 Å². The number of nitrogens with zero attached hydrogens (tertiary/aromatic N) is 2. The van der Waals surface area contributed by atoms with Crippen LogP contribution in [0.5, 0.6) is 0 Å². The quantitative estimate of drug-likeness (QED) is 0.424. The summed E-state index contributed by atoms with van der Waals surface area (Å²) in [4.78, 5) is 6.63. The molecule has 2 aromatic carbocycles. The molecular weight excluding hydrogens is 371 g/mol. The Morgan fingerprint density at radius 3 is 2.60 bits per heavy atom. The Kier molecular flexibility index (Phi) is 6.24. The first-order chi connectivity index (χ1) is 11.7. The Labute approximate surface area is 153 Å². The lowest BCUT2D eigenvalue weighted by molar-refractivity contribution is -0.137. The zero-order valence-electron chi connectivity index (χ0n) is 13.6. The molecule has 0 saturated carbocycles. The number of thioether (sulfide) groups is 1. The standard InChI is InChI=1S/C17H17ClF3N3S/c1-3-25-13-7-8-14(18)15(10-13)23-16(22)24(2)12-6-4-5-11(9-12)17(19,20)21/h4-10H,3H2,1-2H3,(H2,22,23). The number of alkyl halides is 3. The van der Waals surface area contributed by atoms with Crippen LogP contribution in [0.1, 0.15) is 12.5 Å². The second-order valence-corrected chi connectivity index (χ2v) is 6.87. The summed E-state index contributed by atoms with van der Waals surface area (Å²) in [5.41, 5.74) is 5.97. The number of anilines is 1. The maximum atomic E-state index is 12.8. The van der Waals surface area contributed by atoms with Crippen LogP contribution in [-0.4, -0.2) is 18.8 Å². The molecule has 0 aliphatic heterocycles. The molecule has 0 atom stereocenters. The van der Waals surface area contributed by atoms with Gasteiger partial charge in [-0.2, -0.15) is 13.2 Å². The highest BCUT2D eigenvalue weighted by Crippen LogP contribution is 2.32. The zero-order chi connectivity index (χ0) is 18.6. The predicted octanol–water partition coefficient (Wildman–Crippen LogP) is 5.55. The van der Waals surface area contributed by atoms with Crippen molar-refractivity contribution in [1.29, 1.82) is 0 Å². The highest BCUT2D eigenvalue weighted by Gasteiger charge is 2.30. The van der Waals surface area contributed by atoms with Crippen LogP contribution in [0, 0.1) is 0 Å². The molecule has 0 heterocycles. The van der Waals surface area contributed by atoms with Gasteiger partial charge < -0.3 is 10.6 Å². The van der Waals surface area contributed by atoms with Crippen molar-refractivity contribution in [2.45, 2.75) is 18.0 Å². The van der Waals surface area contributed by atoms with Crippen molar-refractivity contribution in [1.82, 2.24) is 0 Å². The Hall–Kier alpha value is -1.86. The molecule has 0 fully saturated rings. The second kappa shape index (κ2) is 8.01. The monoisotopic (exact) mass is 387 g/mol. The molecule has 0 radical (unpaired) electrons. The van der Waals surface area contributed by atoms with E-state index in [0.717, 1.165) is 22.8 Å². The lowest BCUT2D eigenvalue weighted by atomic mass is 10.2. The van der Waals surface area contributed by atoms with E-state index in [1.54, 1.807) is 30.9 Å². The van der Waals surface area contributed by atoms with Gasteiger partial charge in [-0.05, 0) is 42.2 Å². The molecule has 8 heteroatoms. The van der Waals surface area contributed by atoms with Gasteiger partial charge in [0.05, 0.1) is 16.3 Å². The minimum atomic E-state index is -4.42. The SMILES string of the molecule is CCSc1ccc(Cl)c(N=C(N)N(C)c2cccc(C(F)(F)F)c2)c1. The molecule has 2 aromatic rings. The van der Waals surface area contributed by atoms with Gasteiger partial charge in [0.1, 0.15) is 0 Å². The Bertz CT molecular complexity index is 778.